The number of benzene rings is 5. The molecule has 0 amide bonds. The monoisotopic (exact) mass is 516 g/mol. The van der Waals surface area contributed by atoms with Gasteiger partial charge in [0.2, 0.25) is 0 Å². The van der Waals surface area contributed by atoms with Crippen molar-refractivity contribution >= 4 is 40.8 Å². The predicted octanol–water partition coefficient (Wildman–Crippen LogP) is 3.69. The second-order valence-electron chi connectivity index (χ2n) is 8.83. The summed E-state index contributed by atoms with van der Waals surface area (Å²) in [6.45, 7) is 0. The molecule has 0 unspecified atom stereocenters. The Balaban J connectivity index is 1.64. The lowest BCUT2D eigenvalue weighted by Gasteiger charge is -2.34. The van der Waals surface area contributed by atoms with Crippen molar-refractivity contribution in [3.8, 4) is 11.5 Å². The van der Waals surface area contributed by atoms with Gasteiger partial charge in [0.05, 0.1) is 11.1 Å². The molecule has 5 aromatic rings. The van der Waals surface area contributed by atoms with Gasteiger partial charge in [-0.3, -0.25) is 0 Å². The van der Waals surface area contributed by atoms with Crippen LogP contribution < -0.4 is 25.5 Å². The minimum absolute atomic E-state index is 0.0914. The first-order valence-electron chi connectivity index (χ1n) is 12.0. The number of aromatic carboxylic acids is 1. The number of aromatic hydroxyl groups is 1. The highest BCUT2D eigenvalue weighted by Gasteiger charge is 2.41. The Labute approximate surface area is 221 Å². The molecule has 5 nitrogen and oxygen atoms in total. The van der Waals surface area contributed by atoms with Gasteiger partial charge in [0.25, 0.3) is 0 Å². The Morgan fingerprint density at radius 3 is 1.39 bits per heavy atom. The van der Waals surface area contributed by atoms with Crippen molar-refractivity contribution in [2.75, 3.05) is 0 Å². The molecule has 0 heterocycles. The number of phenolic OH excluding ortho intramolecular Hbond substituents is 1. The van der Waals surface area contributed by atoms with E-state index in [-0.39, 0.29) is 11.3 Å². The van der Waals surface area contributed by atoms with E-state index in [0.717, 1.165) is 20.7 Å². The Bertz CT molecular complexity index is 1510. The average molecular weight is 517 g/mol. The third-order valence-electron chi connectivity index (χ3n) is 6.58. The minimum atomic E-state index is -2.87. The zero-order valence-corrected chi connectivity index (χ0v) is 21.3. The molecule has 0 bridgehead atoms. The van der Waals surface area contributed by atoms with Crippen LogP contribution in [0.3, 0.4) is 0 Å². The van der Waals surface area contributed by atoms with Crippen LogP contribution in [0.1, 0.15) is 20.7 Å². The number of carboxylic acids is 1. The summed E-state index contributed by atoms with van der Waals surface area (Å²) < 4.78 is 5.48. The number of carbonyl (C=O) groups excluding carboxylic acids is 1. The standard InChI is InChI=1S/C32H24O5Si/c33-25-15-17-26(18-16-25)37-32(36)24-13-21-30(22-14-24)38(27-7-3-1-4-8-27,28-9-5-2-6-10-28)29-19-11-23(12-20-29)31(34)35/h1-22,33H,(H,34,35). The lowest BCUT2D eigenvalue weighted by atomic mass is 10.2. The van der Waals surface area contributed by atoms with E-state index in [1.807, 2.05) is 60.7 Å². The first kappa shape index (κ1) is 24.7. The molecule has 0 radical (unpaired) electrons. The Kier molecular flexibility index (Phi) is 6.89. The molecular weight excluding hydrogens is 492 g/mol. The lowest BCUT2D eigenvalue weighted by molar-refractivity contribution is 0.0694. The summed E-state index contributed by atoms with van der Waals surface area (Å²) in [4.78, 5) is 24.4. The summed E-state index contributed by atoms with van der Waals surface area (Å²) in [5.74, 6) is -1.04. The maximum absolute atomic E-state index is 12.8. The molecule has 0 atom stereocenters. The van der Waals surface area contributed by atoms with Crippen LogP contribution in [0.25, 0.3) is 0 Å². The smallest absolute Gasteiger partial charge is 0.343 e. The van der Waals surface area contributed by atoms with E-state index in [1.54, 1.807) is 24.3 Å². The molecule has 0 aliphatic heterocycles. The topological polar surface area (TPSA) is 83.8 Å². The van der Waals surface area contributed by atoms with Crippen LogP contribution in [-0.2, 0) is 0 Å². The highest BCUT2D eigenvalue weighted by Crippen LogP contribution is 2.18. The molecule has 0 saturated carbocycles. The predicted molar refractivity (Wildman–Crippen MR) is 150 cm³/mol. The Morgan fingerprint density at radius 1 is 0.526 bits per heavy atom. The quantitative estimate of drug-likeness (QED) is 0.149. The number of ether oxygens (including phenoxy) is 1. The number of rotatable bonds is 7. The maximum atomic E-state index is 12.8. The van der Waals surface area contributed by atoms with Crippen LogP contribution >= 0.6 is 0 Å². The van der Waals surface area contributed by atoms with Crippen molar-refractivity contribution in [2.45, 2.75) is 0 Å². The summed E-state index contributed by atoms with van der Waals surface area (Å²) in [6, 6.07) is 41.0. The number of hydrogen-bond acceptors (Lipinski definition) is 4. The van der Waals surface area contributed by atoms with Gasteiger partial charge in [-0.2, -0.15) is 0 Å². The van der Waals surface area contributed by atoms with E-state index < -0.39 is 20.0 Å². The van der Waals surface area contributed by atoms with Gasteiger partial charge in [0.15, 0.2) is 8.07 Å². The molecule has 0 aliphatic rings. The molecule has 0 aliphatic carbocycles. The highest BCUT2D eigenvalue weighted by atomic mass is 28.3. The van der Waals surface area contributed by atoms with Crippen LogP contribution in [0.4, 0.5) is 0 Å². The average Bonchev–Trinajstić information content (AvgIpc) is 2.96. The van der Waals surface area contributed by atoms with E-state index in [9.17, 15) is 19.8 Å². The van der Waals surface area contributed by atoms with Crippen LogP contribution in [-0.4, -0.2) is 30.2 Å². The Hall–Kier alpha value is -4.94. The zero-order chi connectivity index (χ0) is 26.5. The van der Waals surface area contributed by atoms with Crippen molar-refractivity contribution < 1.29 is 24.5 Å². The van der Waals surface area contributed by atoms with E-state index in [1.165, 1.54) is 24.3 Å². The first-order valence-corrected chi connectivity index (χ1v) is 14.0. The summed E-state index contributed by atoms with van der Waals surface area (Å²) >= 11 is 0. The van der Waals surface area contributed by atoms with E-state index in [0.29, 0.717) is 11.3 Å². The first-order chi connectivity index (χ1) is 18.5. The van der Waals surface area contributed by atoms with Gasteiger partial charge < -0.3 is 14.9 Å². The molecule has 5 aromatic carbocycles. The van der Waals surface area contributed by atoms with Gasteiger partial charge in [-0.05, 0) is 69.3 Å². The van der Waals surface area contributed by atoms with E-state index in [4.69, 9.17) is 4.74 Å². The lowest BCUT2D eigenvalue weighted by Crippen LogP contribution is -2.74. The van der Waals surface area contributed by atoms with Crippen molar-refractivity contribution in [1.29, 1.82) is 0 Å². The fourth-order valence-corrected chi connectivity index (χ4v) is 9.49. The molecule has 5 rings (SSSR count). The van der Waals surface area contributed by atoms with Gasteiger partial charge in [0.1, 0.15) is 11.5 Å². The molecule has 0 saturated heterocycles. The summed E-state index contributed by atoms with van der Waals surface area (Å²) in [5, 5.41) is 23.3. The van der Waals surface area contributed by atoms with E-state index >= 15 is 0 Å². The Morgan fingerprint density at radius 2 is 0.947 bits per heavy atom. The second-order valence-corrected chi connectivity index (χ2v) is 12.6. The number of carboxylic acid groups (broad SMARTS) is 1. The van der Waals surface area contributed by atoms with Gasteiger partial charge >= 0.3 is 11.9 Å². The summed E-state index contributed by atoms with van der Waals surface area (Å²) in [5.41, 5.74) is 0.622. The number of hydrogen-bond donors (Lipinski definition) is 2. The molecule has 38 heavy (non-hydrogen) atoms. The minimum Gasteiger partial charge on any atom is -0.508 e. The third-order valence-corrected chi connectivity index (χ3v) is 11.4. The van der Waals surface area contributed by atoms with Gasteiger partial charge in [-0.25, -0.2) is 9.59 Å². The van der Waals surface area contributed by atoms with Crippen molar-refractivity contribution in [1.82, 2.24) is 0 Å². The molecule has 0 aromatic heterocycles. The van der Waals surface area contributed by atoms with Crippen LogP contribution in [0.5, 0.6) is 11.5 Å². The number of esters is 1. The van der Waals surface area contributed by atoms with Gasteiger partial charge in [-0.1, -0.05) is 84.9 Å². The number of phenols is 1. The normalized spacial score (nSPS) is 11.1. The summed E-state index contributed by atoms with van der Waals surface area (Å²) in [7, 11) is -2.87. The molecule has 6 heteroatoms. The largest absolute Gasteiger partial charge is 0.508 e. The van der Waals surface area contributed by atoms with Gasteiger partial charge in [-0.15, -0.1) is 0 Å². The molecule has 0 spiro atoms. The highest BCUT2D eigenvalue weighted by molar-refractivity contribution is 7.19. The maximum Gasteiger partial charge on any atom is 0.343 e. The number of carbonyl (C=O) groups is 2. The zero-order valence-electron chi connectivity index (χ0n) is 20.3. The van der Waals surface area contributed by atoms with Crippen molar-refractivity contribution in [3.63, 3.8) is 0 Å². The van der Waals surface area contributed by atoms with Crippen LogP contribution in [0, 0.1) is 0 Å². The SMILES string of the molecule is O=C(O)c1ccc([Si](c2ccccc2)(c2ccccc2)c2ccc(C(=O)Oc3ccc(O)cc3)cc2)cc1. The molecular formula is C32H24O5Si. The van der Waals surface area contributed by atoms with Crippen LogP contribution in [0.2, 0.25) is 0 Å². The second kappa shape index (κ2) is 10.6. The fourth-order valence-electron chi connectivity index (χ4n) is 4.78. The molecule has 2 N–H and O–H groups in total. The summed E-state index contributed by atoms with van der Waals surface area (Å²) in [6.07, 6.45) is 0. The third kappa shape index (κ3) is 4.73. The fraction of sp³-hybridized carbons (Fsp3) is 0. The van der Waals surface area contributed by atoms with E-state index in [2.05, 4.69) is 24.3 Å². The molecule has 186 valence electrons. The van der Waals surface area contributed by atoms with Gasteiger partial charge in [0, 0.05) is 0 Å². The molecule has 0 fully saturated rings. The van der Waals surface area contributed by atoms with Crippen LogP contribution in [0.15, 0.2) is 133 Å². The van der Waals surface area contributed by atoms with Crippen molar-refractivity contribution in [2.24, 2.45) is 0 Å². The van der Waals surface area contributed by atoms with Crippen molar-refractivity contribution in [3.05, 3.63) is 145 Å².